The Morgan fingerprint density at radius 2 is 2.00 bits per heavy atom. The Bertz CT molecular complexity index is 1270. The van der Waals surface area contributed by atoms with Crippen LogP contribution in [0.3, 0.4) is 0 Å². The molecule has 5 rings (SSSR count). The summed E-state index contributed by atoms with van der Waals surface area (Å²) in [4.78, 5) is 11.8. The Labute approximate surface area is 232 Å². The van der Waals surface area contributed by atoms with Crippen molar-refractivity contribution in [3.8, 4) is 28.4 Å². The minimum Gasteiger partial charge on any atom is -0.494 e. The summed E-state index contributed by atoms with van der Waals surface area (Å²) in [5, 5.41) is 11.2. The monoisotopic (exact) mass is 562 g/mol. The lowest BCUT2D eigenvalue weighted by Crippen LogP contribution is -2.48. The van der Waals surface area contributed by atoms with Crippen LogP contribution < -0.4 is 15.4 Å². The Kier molecular flexibility index (Phi) is 8.38. The minimum atomic E-state index is -1.04. The summed E-state index contributed by atoms with van der Waals surface area (Å²) in [7, 11) is 1.90. The van der Waals surface area contributed by atoms with Crippen LogP contribution >= 0.6 is 23.2 Å². The normalized spacial score (nSPS) is 20.1. The van der Waals surface area contributed by atoms with Crippen LogP contribution in [-0.2, 0) is 0 Å². The molecule has 2 aromatic heterocycles. The number of aryl methyl sites for hydroxylation is 2. The van der Waals surface area contributed by atoms with Crippen LogP contribution in [0.1, 0.15) is 37.1 Å². The second-order valence-electron chi connectivity index (χ2n) is 9.99. The summed E-state index contributed by atoms with van der Waals surface area (Å²) in [6.07, 6.45) is 2.79. The average Bonchev–Trinajstić information content (AvgIpc) is 3.70. The highest BCUT2D eigenvalue weighted by Gasteiger charge is 2.37. The molecule has 0 bridgehead atoms. The molecule has 2 atom stereocenters. The maximum absolute atomic E-state index is 15.3. The number of ether oxygens (including phenoxy) is 1. The topological polar surface area (TPSA) is 88.3 Å². The first-order chi connectivity index (χ1) is 18.4. The molecule has 2 N–H and O–H groups in total. The average molecular weight is 564 g/mol. The smallest absolute Gasteiger partial charge is 0.163 e. The molecule has 1 aromatic carbocycles. The zero-order valence-electron chi connectivity index (χ0n) is 21.9. The van der Waals surface area contributed by atoms with Gasteiger partial charge in [-0.05, 0) is 71.3 Å². The van der Waals surface area contributed by atoms with Crippen LogP contribution in [0, 0.1) is 13.8 Å². The fourth-order valence-corrected chi connectivity index (χ4v) is 5.33. The number of hydrogen-bond acceptors (Lipinski definition) is 8. The molecule has 2 unspecified atom stereocenters. The van der Waals surface area contributed by atoms with Gasteiger partial charge in [0.05, 0.1) is 28.9 Å². The zero-order valence-corrected chi connectivity index (χ0v) is 23.4. The summed E-state index contributed by atoms with van der Waals surface area (Å²) in [6.45, 7) is 6.29. The van der Waals surface area contributed by atoms with E-state index in [1.54, 1.807) is 13.0 Å². The first-order valence-electron chi connectivity index (χ1n) is 13.1. The number of alkyl halides is 1. The highest BCUT2D eigenvalue weighted by molar-refractivity contribution is 6.35. The minimum absolute atomic E-state index is 0.288. The number of rotatable bonds is 10. The molecule has 2 fully saturated rings. The number of nitrogens with zero attached hydrogens (tertiary/aromatic N) is 4. The summed E-state index contributed by atoms with van der Waals surface area (Å²) in [5.41, 5.74) is 2.37. The molecule has 3 aromatic rings. The van der Waals surface area contributed by atoms with Crippen LogP contribution in [-0.4, -0.2) is 71.6 Å². The number of halogens is 3. The van der Waals surface area contributed by atoms with Gasteiger partial charge in [0.15, 0.2) is 5.82 Å². The predicted molar refractivity (Wildman–Crippen MR) is 148 cm³/mol. The van der Waals surface area contributed by atoms with Gasteiger partial charge in [0, 0.05) is 24.7 Å². The predicted octanol–water partition coefficient (Wildman–Crippen LogP) is 5.70. The van der Waals surface area contributed by atoms with E-state index in [0.29, 0.717) is 76.3 Å². The number of anilines is 1. The van der Waals surface area contributed by atoms with E-state index in [2.05, 4.69) is 20.7 Å². The van der Waals surface area contributed by atoms with Gasteiger partial charge in [-0.1, -0.05) is 28.4 Å². The summed E-state index contributed by atoms with van der Waals surface area (Å²) >= 11 is 13.5. The molecule has 0 radical (unpaired) electrons. The molecule has 38 heavy (non-hydrogen) atoms. The first-order valence-corrected chi connectivity index (χ1v) is 13.8. The van der Waals surface area contributed by atoms with Crippen molar-refractivity contribution in [2.24, 2.45) is 0 Å². The van der Waals surface area contributed by atoms with Gasteiger partial charge >= 0.3 is 0 Å². The van der Waals surface area contributed by atoms with E-state index >= 15 is 4.39 Å². The van der Waals surface area contributed by atoms with Crippen molar-refractivity contribution < 1.29 is 13.7 Å². The van der Waals surface area contributed by atoms with Crippen LogP contribution in [0.2, 0.25) is 10.0 Å². The maximum atomic E-state index is 15.3. The van der Waals surface area contributed by atoms with Crippen LogP contribution in [0.25, 0.3) is 22.6 Å². The van der Waals surface area contributed by atoms with Crippen molar-refractivity contribution in [1.82, 2.24) is 25.3 Å². The summed E-state index contributed by atoms with van der Waals surface area (Å²) in [6, 6.07) is 5.51. The van der Waals surface area contributed by atoms with Crippen molar-refractivity contribution in [3.05, 3.63) is 39.7 Å². The fraction of sp³-hybridized carbons (Fsp3) is 0.519. The fourth-order valence-electron chi connectivity index (χ4n) is 4.89. The van der Waals surface area contributed by atoms with Gasteiger partial charge < -0.3 is 19.9 Å². The molecule has 1 saturated carbocycles. The quantitative estimate of drug-likeness (QED) is 0.304. The second kappa shape index (κ2) is 11.7. The molecule has 2 aliphatic rings. The van der Waals surface area contributed by atoms with Gasteiger partial charge in [0.2, 0.25) is 0 Å². The number of nitrogens with one attached hydrogen (secondary N) is 2. The number of hydrogen-bond donors (Lipinski definition) is 2. The van der Waals surface area contributed by atoms with E-state index in [1.165, 1.54) is 0 Å². The summed E-state index contributed by atoms with van der Waals surface area (Å²) in [5.74, 6) is 1.94. The third-order valence-electron chi connectivity index (χ3n) is 7.10. The largest absolute Gasteiger partial charge is 0.494 e. The molecule has 1 aliphatic carbocycles. The second-order valence-corrected chi connectivity index (χ2v) is 10.8. The molecule has 8 nitrogen and oxygen atoms in total. The van der Waals surface area contributed by atoms with E-state index in [4.69, 9.17) is 42.4 Å². The SMILES string of the molecule is CNCCCOc1ccc(Cl)c(-c2nc(NC3CCN(C4CC4)CC3F)c(Cl)c(-c3c(C)noc3C)n2)c1. The number of likely N-dealkylation sites (tertiary alicyclic amines) is 1. The van der Waals surface area contributed by atoms with Gasteiger partial charge in [-0.3, -0.25) is 4.90 Å². The van der Waals surface area contributed by atoms with Gasteiger partial charge in [-0.2, -0.15) is 0 Å². The molecule has 1 aliphatic heterocycles. The van der Waals surface area contributed by atoms with E-state index < -0.39 is 12.2 Å². The highest BCUT2D eigenvalue weighted by Crippen LogP contribution is 2.39. The van der Waals surface area contributed by atoms with Crippen molar-refractivity contribution >= 4 is 29.0 Å². The number of benzene rings is 1. The lowest BCUT2D eigenvalue weighted by Gasteiger charge is -2.35. The molecular weight excluding hydrogens is 530 g/mol. The summed E-state index contributed by atoms with van der Waals surface area (Å²) < 4.78 is 26.6. The van der Waals surface area contributed by atoms with Crippen LogP contribution in [0.15, 0.2) is 22.7 Å². The molecule has 1 saturated heterocycles. The van der Waals surface area contributed by atoms with Gasteiger partial charge in [0.1, 0.15) is 34.2 Å². The molecule has 204 valence electrons. The molecule has 0 amide bonds. The van der Waals surface area contributed by atoms with Crippen molar-refractivity contribution in [2.45, 2.75) is 57.8 Å². The van der Waals surface area contributed by atoms with Crippen LogP contribution in [0.4, 0.5) is 10.2 Å². The molecule has 3 heterocycles. The number of piperidine rings is 1. The van der Waals surface area contributed by atoms with Gasteiger partial charge in [-0.15, -0.1) is 0 Å². The third kappa shape index (κ3) is 5.91. The zero-order chi connectivity index (χ0) is 26.8. The Hall–Kier alpha value is -2.46. The van der Waals surface area contributed by atoms with E-state index in [-0.39, 0.29) is 5.02 Å². The highest BCUT2D eigenvalue weighted by atomic mass is 35.5. The van der Waals surface area contributed by atoms with Crippen molar-refractivity contribution in [3.63, 3.8) is 0 Å². The Balaban J connectivity index is 1.50. The lowest BCUT2D eigenvalue weighted by molar-refractivity contribution is 0.120. The third-order valence-corrected chi connectivity index (χ3v) is 7.79. The van der Waals surface area contributed by atoms with Crippen molar-refractivity contribution in [2.75, 3.05) is 38.6 Å². The molecular formula is C27H33Cl2FN6O2. The standard InChI is InChI=1S/C27H33Cl2FN6O2/c1-15-23(16(2)38-35-15)25-24(29)27(32-22-9-11-36(14-21(22)30)17-5-6-17)34-26(33-25)19-13-18(7-8-20(19)28)37-12-4-10-31-3/h7-8,13,17,21-22,31H,4-6,9-12,14H2,1-3H3,(H,32,33,34). The lowest BCUT2D eigenvalue weighted by atomic mass is 10.0. The Morgan fingerprint density at radius 1 is 1.18 bits per heavy atom. The van der Waals surface area contributed by atoms with E-state index in [0.717, 1.165) is 32.4 Å². The number of aromatic nitrogens is 3. The van der Waals surface area contributed by atoms with Crippen LogP contribution in [0.5, 0.6) is 5.75 Å². The maximum Gasteiger partial charge on any atom is 0.163 e. The Morgan fingerprint density at radius 3 is 2.68 bits per heavy atom. The van der Waals surface area contributed by atoms with E-state index in [9.17, 15) is 0 Å². The van der Waals surface area contributed by atoms with Gasteiger partial charge in [-0.25, -0.2) is 14.4 Å². The molecule has 0 spiro atoms. The molecule has 11 heteroatoms. The van der Waals surface area contributed by atoms with E-state index in [1.807, 2.05) is 26.1 Å². The van der Waals surface area contributed by atoms with Gasteiger partial charge in [0.25, 0.3) is 0 Å². The van der Waals surface area contributed by atoms with Crippen molar-refractivity contribution in [1.29, 1.82) is 0 Å². The first kappa shape index (κ1) is 27.1.